The van der Waals surface area contributed by atoms with E-state index in [0.717, 1.165) is 6.26 Å². The number of carbonyl (C=O) groups is 1. The van der Waals surface area contributed by atoms with E-state index in [1.807, 2.05) is 0 Å². The topological polar surface area (TPSA) is 76.2 Å². The van der Waals surface area contributed by atoms with Gasteiger partial charge in [-0.05, 0) is 12.1 Å². The fraction of sp³-hybridized carbons (Fsp3) is 0.462. The molecule has 2 aliphatic rings. The Morgan fingerprint density at radius 1 is 1.33 bits per heavy atom. The van der Waals surface area contributed by atoms with Crippen LogP contribution in [0.1, 0.15) is 0 Å². The van der Waals surface area contributed by atoms with Gasteiger partial charge in [0.25, 0.3) is 0 Å². The van der Waals surface area contributed by atoms with Crippen LogP contribution >= 0.6 is 0 Å². The highest BCUT2D eigenvalue weighted by Gasteiger charge is 2.34. The van der Waals surface area contributed by atoms with Crippen molar-refractivity contribution in [3.8, 4) is 5.75 Å². The third-order valence-electron chi connectivity index (χ3n) is 3.47. The molecule has 0 aromatic heterocycles. The number of anilines is 1. The van der Waals surface area contributed by atoms with Crippen LogP contribution in [0.2, 0.25) is 0 Å². The minimum absolute atomic E-state index is 0.180. The minimum atomic E-state index is -3.40. The van der Waals surface area contributed by atoms with Gasteiger partial charge in [0.15, 0.2) is 0 Å². The first-order valence-electron chi connectivity index (χ1n) is 6.60. The van der Waals surface area contributed by atoms with Gasteiger partial charge in [0, 0.05) is 0 Å². The number of ether oxygens (including phenoxy) is 2. The lowest BCUT2D eigenvalue weighted by molar-refractivity contribution is 0.130. The van der Waals surface area contributed by atoms with E-state index in [4.69, 9.17) is 9.47 Å². The maximum absolute atomic E-state index is 12.0. The molecule has 0 spiro atoms. The van der Waals surface area contributed by atoms with Crippen LogP contribution in [-0.2, 0) is 14.8 Å². The van der Waals surface area contributed by atoms with E-state index >= 15 is 0 Å². The molecule has 1 atom stereocenters. The molecular formula is C13H16N2O5S. The largest absolute Gasteiger partial charge is 0.484 e. The highest BCUT2D eigenvalue weighted by molar-refractivity contribution is 7.92. The first-order valence-corrected chi connectivity index (χ1v) is 8.45. The quantitative estimate of drug-likeness (QED) is 0.820. The molecule has 21 heavy (non-hydrogen) atoms. The van der Waals surface area contributed by atoms with Crippen molar-refractivity contribution in [2.75, 3.05) is 36.8 Å². The average molecular weight is 312 g/mol. The summed E-state index contributed by atoms with van der Waals surface area (Å²) in [5.41, 5.74) is 0.528. The van der Waals surface area contributed by atoms with Crippen LogP contribution in [-0.4, -0.2) is 58.0 Å². The molecule has 0 N–H and O–H groups in total. The summed E-state index contributed by atoms with van der Waals surface area (Å²) >= 11 is 0. The zero-order valence-electron chi connectivity index (χ0n) is 11.6. The monoisotopic (exact) mass is 312 g/mol. The normalized spacial score (nSPS) is 21.8. The number of para-hydroxylation sites is 2. The average Bonchev–Trinajstić information content (AvgIpc) is 2.82. The Morgan fingerprint density at radius 2 is 2.10 bits per heavy atom. The van der Waals surface area contributed by atoms with Crippen molar-refractivity contribution in [1.29, 1.82) is 0 Å². The number of cyclic esters (lactones) is 1. The van der Waals surface area contributed by atoms with Crippen molar-refractivity contribution < 1.29 is 22.7 Å². The SMILES string of the molecule is CS(=O)(=O)N1C[C@H](CN2CCOC2=O)Oc2ccccc21. The van der Waals surface area contributed by atoms with E-state index in [2.05, 4.69) is 0 Å². The van der Waals surface area contributed by atoms with E-state index < -0.39 is 16.1 Å². The second-order valence-electron chi connectivity index (χ2n) is 5.06. The highest BCUT2D eigenvalue weighted by atomic mass is 32.2. The van der Waals surface area contributed by atoms with Crippen LogP contribution in [0.15, 0.2) is 24.3 Å². The van der Waals surface area contributed by atoms with Crippen molar-refractivity contribution >= 4 is 21.8 Å². The summed E-state index contributed by atoms with van der Waals surface area (Å²) in [7, 11) is -3.40. The van der Waals surface area contributed by atoms with Crippen molar-refractivity contribution in [3.63, 3.8) is 0 Å². The number of amides is 1. The molecule has 0 unspecified atom stereocenters. The lowest BCUT2D eigenvalue weighted by atomic mass is 10.2. The summed E-state index contributed by atoms with van der Waals surface area (Å²) in [5, 5.41) is 0. The molecule has 0 bridgehead atoms. The molecule has 2 heterocycles. The number of benzene rings is 1. The Bertz CT molecular complexity index is 660. The van der Waals surface area contributed by atoms with E-state index in [1.165, 1.54) is 9.21 Å². The zero-order chi connectivity index (χ0) is 15.0. The molecule has 3 rings (SSSR count). The number of hydrogen-bond acceptors (Lipinski definition) is 5. The van der Waals surface area contributed by atoms with Crippen LogP contribution in [0.25, 0.3) is 0 Å². The van der Waals surface area contributed by atoms with Crippen LogP contribution in [0, 0.1) is 0 Å². The minimum Gasteiger partial charge on any atom is -0.484 e. The maximum Gasteiger partial charge on any atom is 0.410 e. The van der Waals surface area contributed by atoms with Crippen molar-refractivity contribution in [1.82, 2.24) is 4.90 Å². The van der Waals surface area contributed by atoms with Gasteiger partial charge >= 0.3 is 6.09 Å². The molecule has 8 heteroatoms. The fourth-order valence-corrected chi connectivity index (χ4v) is 3.45. The van der Waals surface area contributed by atoms with E-state index in [0.29, 0.717) is 31.1 Å². The third-order valence-corrected chi connectivity index (χ3v) is 4.61. The van der Waals surface area contributed by atoms with Crippen molar-refractivity contribution in [2.45, 2.75) is 6.10 Å². The predicted molar refractivity (Wildman–Crippen MR) is 76.0 cm³/mol. The molecular weight excluding hydrogens is 296 g/mol. The Balaban J connectivity index is 1.85. The van der Waals surface area contributed by atoms with E-state index in [9.17, 15) is 13.2 Å². The van der Waals surface area contributed by atoms with Gasteiger partial charge in [0.2, 0.25) is 10.0 Å². The Labute approximate surface area is 123 Å². The summed E-state index contributed by atoms with van der Waals surface area (Å²) in [6, 6.07) is 6.98. The first kappa shape index (κ1) is 14.0. The Kier molecular flexibility index (Phi) is 3.40. The summed E-state index contributed by atoms with van der Waals surface area (Å²) in [6.45, 7) is 1.34. The van der Waals surface area contributed by atoms with Gasteiger partial charge in [0.05, 0.1) is 31.6 Å². The standard InChI is InChI=1S/C13H16N2O5S/c1-21(17,18)15-9-10(8-14-6-7-19-13(14)16)20-12-5-3-2-4-11(12)15/h2-5,10H,6-9H2,1H3/t10-/m0/s1. The van der Waals surface area contributed by atoms with Gasteiger partial charge in [-0.1, -0.05) is 12.1 Å². The molecule has 0 radical (unpaired) electrons. The van der Waals surface area contributed by atoms with Gasteiger partial charge in [0.1, 0.15) is 18.5 Å². The number of carbonyl (C=O) groups excluding carboxylic acids is 1. The summed E-state index contributed by atoms with van der Waals surface area (Å²) in [4.78, 5) is 13.0. The number of nitrogens with zero attached hydrogens (tertiary/aromatic N) is 2. The predicted octanol–water partition coefficient (Wildman–Crippen LogP) is 0.666. The molecule has 114 valence electrons. The van der Waals surface area contributed by atoms with Crippen molar-refractivity contribution in [3.05, 3.63) is 24.3 Å². The smallest absolute Gasteiger partial charge is 0.410 e. The second kappa shape index (κ2) is 5.10. The van der Waals surface area contributed by atoms with Gasteiger partial charge in [-0.15, -0.1) is 0 Å². The molecule has 1 amide bonds. The van der Waals surface area contributed by atoms with E-state index in [1.54, 1.807) is 24.3 Å². The molecule has 1 saturated heterocycles. The van der Waals surface area contributed by atoms with Gasteiger partial charge in [-0.3, -0.25) is 4.31 Å². The van der Waals surface area contributed by atoms with Crippen LogP contribution < -0.4 is 9.04 Å². The van der Waals surface area contributed by atoms with Gasteiger partial charge < -0.3 is 14.4 Å². The number of fused-ring (bicyclic) bond motifs is 1. The summed E-state index contributed by atoms with van der Waals surface area (Å²) < 4.78 is 35.9. The highest BCUT2D eigenvalue weighted by Crippen LogP contribution is 2.34. The van der Waals surface area contributed by atoms with Crippen LogP contribution in [0.4, 0.5) is 10.5 Å². The molecule has 1 fully saturated rings. The van der Waals surface area contributed by atoms with Crippen molar-refractivity contribution in [2.24, 2.45) is 0 Å². The van der Waals surface area contributed by atoms with Gasteiger partial charge in [-0.2, -0.15) is 0 Å². The fourth-order valence-electron chi connectivity index (χ4n) is 2.51. The molecule has 2 aliphatic heterocycles. The Morgan fingerprint density at radius 3 is 2.76 bits per heavy atom. The molecule has 0 aliphatic carbocycles. The molecule has 1 aromatic rings. The summed E-state index contributed by atoms with van der Waals surface area (Å²) in [5.74, 6) is 0.506. The molecule has 1 aromatic carbocycles. The second-order valence-corrected chi connectivity index (χ2v) is 6.97. The number of rotatable bonds is 3. The molecule has 7 nitrogen and oxygen atoms in total. The number of hydrogen-bond donors (Lipinski definition) is 0. The van der Waals surface area contributed by atoms with E-state index in [-0.39, 0.29) is 12.6 Å². The lowest BCUT2D eigenvalue weighted by Gasteiger charge is -2.35. The first-order chi connectivity index (χ1) is 9.95. The van der Waals surface area contributed by atoms with Gasteiger partial charge in [-0.25, -0.2) is 13.2 Å². The zero-order valence-corrected chi connectivity index (χ0v) is 12.4. The molecule has 0 saturated carbocycles. The van der Waals surface area contributed by atoms with Crippen LogP contribution in [0.5, 0.6) is 5.75 Å². The number of sulfonamides is 1. The summed E-state index contributed by atoms with van der Waals surface area (Å²) in [6.07, 6.45) is 0.361. The lowest BCUT2D eigenvalue weighted by Crippen LogP contribution is -2.48. The van der Waals surface area contributed by atoms with Crippen LogP contribution in [0.3, 0.4) is 0 Å². The maximum atomic E-state index is 12.0. The third kappa shape index (κ3) is 2.76. The Hall–Kier alpha value is -1.96.